The van der Waals surface area contributed by atoms with Gasteiger partial charge in [0.2, 0.25) is 0 Å². The van der Waals surface area contributed by atoms with Crippen molar-refractivity contribution < 1.29 is 14.6 Å². The van der Waals surface area contributed by atoms with E-state index in [1.165, 1.54) is 38.5 Å². The van der Waals surface area contributed by atoms with Crippen LogP contribution in [-0.4, -0.2) is 42.4 Å². The molecule has 3 fully saturated rings. The van der Waals surface area contributed by atoms with Gasteiger partial charge in [-0.1, -0.05) is 39.3 Å². The van der Waals surface area contributed by atoms with Gasteiger partial charge in [-0.2, -0.15) is 0 Å². The molecule has 0 amide bonds. The quantitative estimate of drug-likeness (QED) is 0.306. The van der Waals surface area contributed by atoms with E-state index in [1.54, 1.807) is 5.57 Å². The fourth-order valence-electron chi connectivity index (χ4n) is 8.51. The molecular formula is C28H47NO3. The number of esters is 1. The Labute approximate surface area is 196 Å². The SMILES string of the molecule is CCN(C)COC(=O)CC[C@@H](C)[C@H]1CC[C@H]2[C@@H]3CC=C4C[C@@H](O)CC[C@]4(C)[C@H]3CC[C@]12C. The molecule has 0 spiro atoms. The zero-order valence-electron chi connectivity index (χ0n) is 21.2. The van der Waals surface area contributed by atoms with Crippen LogP contribution in [-0.2, 0) is 9.53 Å². The van der Waals surface area contributed by atoms with Gasteiger partial charge in [-0.25, -0.2) is 0 Å². The molecule has 0 bridgehead atoms. The maximum Gasteiger partial charge on any atom is 0.307 e. The molecule has 0 heterocycles. The predicted molar refractivity (Wildman–Crippen MR) is 129 cm³/mol. The lowest BCUT2D eigenvalue weighted by Crippen LogP contribution is -2.50. The molecule has 4 rings (SSSR count). The standard InChI is InChI=1S/C28H47NO3/c1-6-29(5)18-32-26(31)12-7-19(2)23-10-11-24-22-9-8-20-17-21(30)13-15-27(20,3)25(22)14-16-28(23,24)4/h8,19,21-25,30H,6-7,9-18H2,1-5H3/t19-,21+,22+,23-,24+,25+,27+,28-/m1/s1. The Bertz CT molecular complexity index is 719. The summed E-state index contributed by atoms with van der Waals surface area (Å²) in [6.07, 6.45) is 13.6. The number of rotatable bonds is 7. The first-order chi connectivity index (χ1) is 15.2. The molecule has 0 unspecified atom stereocenters. The first kappa shape index (κ1) is 24.3. The minimum atomic E-state index is -0.120. The lowest BCUT2D eigenvalue weighted by molar-refractivity contribution is -0.148. The lowest BCUT2D eigenvalue weighted by atomic mass is 9.47. The van der Waals surface area contributed by atoms with E-state index in [4.69, 9.17) is 4.74 Å². The van der Waals surface area contributed by atoms with Gasteiger partial charge in [0, 0.05) is 6.42 Å². The highest BCUT2D eigenvalue weighted by atomic mass is 16.5. The first-order valence-corrected chi connectivity index (χ1v) is 13.4. The number of fused-ring (bicyclic) bond motifs is 5. The summed E-state index contributed by atoms with van der Waals surface area (Å²) in [5, 5.41) is 10.2. The summed E-state index contributed by atoms with van der Waals surface area (Å²) >= 11 is 0. The van der Waals surface area contributed by atoms with E-state index < -0.39 is 0 Å². The number of aliphatic hydroxyl groups is 1. The number of allylic oxidation sites excluding steroid dienone is 1. The molecule has 4 nitrogen and oxygen atoms in total. The summed E-state index contributed by atoms with van der Waals surface area (Å²) in [4.78, 5) is 14.3. The third-order valence-electron chi connectivity index (χ3n) is 10.6. The summed E-state index contributed by atoms with van der Waals surface area (Å²) in [5.41, 5.74) is 2.31. The molecule has 0 saturated heterocycles. The van der Waals surface area contributed by atoms with Gasteiger partial charge in [-0.3, -0.25) is 9.69 Å². The van der Waals surface area contributed by atoms with Crippen LogP contribution in [0.2, 0.25) is 0 Å². The van der Waals surface area contributed by atoms with Gasteiger partial charge >= 0.3 is 5.97 Å². The summed E-state index contributed by atoms with van der Waals surface area (Å²) in [5.74, 6) is 3.69. The topological polar surface area (TPSA) is 49.8 Å². The third kappa shape index (κ3) is 4.31. The van der Waals surface area contributed by atoms with Crippen LogP contribution < -0.4 is 0 Å². The summed E-state index contributed by atoms with van der Waals surface area (Å²) in [7, 11) is 1.98. The second-order valence-electron chi connectivity index (χ2n) is 12.2. The Morgan fingerprint density at radius 2 is 2.00 bits per heavy atom. The molecule has 4 aliphatic carbocycles. The molecule has 32 heavy (non-hydrogen) atoms. The summed E-state index contributed by atoms with van der Waals surface area (Å²) in [6, 6.07) is 0. The minimum Gasteiger partial charge on any atom is -0.449 e. The average molecular weight is 446 g/mol. The number of carbonyl (C=O) groups excluding carboxylic acids is 1. The molecule has 0 aromatic carbocycles. The van der Waals surface area contributed by atoms with Crippen molar-refractivity contribution in [3.05, 3.63) is 11.6 Å². The smallest absolute Gasteiger partial charge is 0.307 e. The molecule has 4 aliphatic rings. The summed E-state index contributed by atoms with van der Waals surface area (Å²) in [6.45, 7) is 10.9. The van der Waals surface area contributed by atoms with E-state index in [2.05, 4.69) is 33.8 Å². The fraction of sp³-hybridized carbons (Fsp3) is 0.893. The van der Waals surface area contributed by atoms with Gasteiger partial charge in [0.05, 0.1) is 6.10 Å². The van der Waals surface area contributed by atoms with Gasteiger partial charge in [-0.15, -0.1) is 0 Å². The fourth-order valence-corrected chi connectivity index (χ4v) is 8.51. The zero-order valence-corrected chi connectivity index (χ0v) is 21.2. The van der Waals surface area contributed by atoms with Gasteiger partial charge in [0.25, 0.3) is 0 Å². The molecule has 0 aromatic rings. The largest absolute Gasteiger partial charge is 0.449 e. The highest BCUT2D eigenvalue weighted by Gasteiger charge is 2.59. The van der Waals surface area contributed by atoms with Crippen LogP contribution in [0.1, 0.15) is 91.9 Å². The molecule has 8 atom stereocenters. The molecule has 0 aliphatic heterocycles. The van der Waals surface area contributed by atoms with Crippen molar-refractivity contribution in [2.75, 3.05) is 20.3 Å². The van der Waals surface area contributed by atoms with Crippen molar-refractivity contribution in [1.82, 2.24) is 4.90 Å². The van der Waals surface area contributed by atoms with Crippen molar-refractivity contribution >= 4 is 5.97 Å². The van der Waals surface area contributed by atoms with E-state index in [-0.39, 0.29) is 12.1 Å². The van der Waals surface area contributed by atoms with E-state index in [1.807, 2.05) is 11.9 Å². The molecule has 182 valence electrons. The van der Waals surface area contributed by atoms with Gasteiger partial charge < -0.3 is 9.84 Å². The Hall–Kier alpha value is -0.870. The third-order valence-corrected chi connectivity index (χ3v) is 10.6. The van der Waals surface area contributed by atoms with Crippen LogP contribution in [0.25, 0.3) is 0 Å². The molecule has 1 N–H and O–H groups in total. The molecular weight excluding hydrogens is 398 g/mol. The maximum atomic E-state index is 12.3. The van der Waals surface area contributed by atoms with Crippen molar-refractivity contribution in [2.24, 2.45) is 40.4 Å². The molecule has 3 saturated carbocycles. The first-order valence-electron chi connectivity index (χ1n) is 13.4. The summed E-state index contributed by atoms with van der Waals surface area (Å²) < 4.78 is 5.44. The second kappa shape index (κ2) is 9.41. The van der Waals surface area contributed by atoms with Crippen LogP contribution >= 0.6 is 0 Å². The molecule has 0 aromatic heterocycles. The highest BCUT2D eigenvalue weighted by Crippen LogP contribution is 2.67. The highest BCUT2D eigenvalue weighted by molar-refractivity contribution is 5.69. The Balaban J connectivity index is 1.39. The number of ether oxygens (including phenoxy) is 1. The van der Waals surface area contributed by atoms with Gasteiger partial charge in [0.1, 0.15) is 6.73 Å². The molecule has 4 heteroatoms. The van der Waals surface area contributed by atoms with Gasteiger partial charge in [0.15, 0.2) is 0 Å². The van der Waals surface area contributed by atoms with Crippen LogP contribution in [0.15, 0.2) is 11.6 Å². The zero-order chi connectivity index (χ0) is 23.1. The van der Waals surface area contributed by atoms with E-state index in [0.717, 1.165) is 49.5 Å². The Morgan fingerprint density at radius 3 is 2.75 bits per heavy atom. The number of carbonyl (C=O) groups is 1. The number of aliphatic hydroxyl groups excluding tert-OH is 1. The van der Waals surface area contributed by atoms with Crippen LogP contribution in [0.5, 0.6) is 0 Å². The normalized spacial score (nSPS) is 42.0. The predicted octanol–water partition coefficient (Wildman–Crippen LogP) is 5.80. The Kier molecular flexibility index (Phi) is 7.13. The Morgan fingerprint density at radius 1 is 1.22 bits per heavy atom. The van der Waals surface area contributed by atoms with E-state index in [0.29, 0.717) is 29.9 Å². The van der Waals surface area contributed by atoms with Gasteiger partial charge in [-0.05, 0) is 112 Å². The number of nitrogens with zero attached hydrogens (tertiary/aromatic N) is 1. The second-order valence-corrected chi connectivity index (χ2v) is 12.2. The van der Waals surface area contributed by atoms with Crippen LogP contribution in [0.3, 0.4) is 0 Å². The monoisotopic (exact) mass is 445 g/mol. The minimum absolute atomic E-state index is 0.0436. The van der Waals surface area contributed by atoms with E-state index >= 15 is 0 Å². The van der Waals surface area contributed by atoms with Crippen molar-refractivity contribution in [1.29, 1.82) is 0 Å². The van der Waals surface area contributed by atoms with Crippen molar-refractivity contribution in [3.63, 3.8) is 0 Å². The maximum absolute atomic E-state index is 12.3. The lowest BCUT2D eigenvalue weighted by Gasteiger charge is -2.58. The van der Waals surface area contributed by atoms with E-state index in [9.17, 15) is 9.90 Å². The molecule has 0 radical (unpaired) electrons. The van der Waals surface area contributed by atoms with Crippen molar-refractivity contribution in [3.8, 4) is 0 Å². The number of hydrogen-bond acceptors (Lipinski definition) is 4. The van der Waals surface area contributed by atoms with Crippen molar-refractivity contribution in [2.45, 2.75) is 98.0 Å². The number of hydrogen-bond donors (Lipinski definition) is 1. The van der Waals surface area contributed by atoms with Crippen LogP contribution in [0, 0.1) is 40.4 Å². The average Bonchev–Trinajstić information content (AvgIpc) is 3.13. The van der Waals surface area contributed by atoms with Crippen LogP contribution in [0.4, 0.5) is 0 Å².